The third-order valence-electron chi connectivity index (χ3n) is 2.51. The predicted octanol–water partition coefficient (Wildman–Crippen LogP) is 1.89. The van der Waals surface area contributed by atoms with Crippen molar-refractivity contribution in [3.63, 3.8) is 0 Å². The van der Waals surface area contributed by atoms with E-state index in [-0.39, 0.29) is 6.42 Å². The fourth-order valence-electron chi connectivity index (χ4n) is 1.65. The Hall–Kier alpha value is -2.37. The zero-order chi connectivity index (χ0) is 13.7. The third-order valence-corrected chi connectivity index (χ3v) is 2.51. The number of hydrogen-bond donors (Lipinski definition) is 2. The van der Waals surface area contributed by atoms with Crippen LogP contribution < -0.4 is 4.74 Å². The summed E-state index contributed by atoms with van der Waals surface area (Å²) in [4.78, 5) is 14.8. The summed E-state index contributed by atoms with van der Waals surface area (Å²) in [5, 5.41) is 15.4. The standard InChI is InChI=1S/C13H15N3O3/c1-2-19-10-5-3-4-9(8-10)13-14-11(15-16-13)6-7-12(17)18/h3-5,8H,2,6-7H2,1H3,(H,17,18)(H,14,15,16). The first-order valence-corrected chi connectivity index (χ1v) is 6.05. The van der Waals surface area contributed by atoms with Crippen molar-refractivity contribution in [1.29, 1.82) is 0 Å². The molecule has 0 atom stereocenters. The van der Waals surface area contributed by atoms with E-state index in [0.717, 1.165) is 11.3 Å². The molecule has 0 bridgehead atoms. The zero-order valence-electron chi connectivity index (χ0n) is 10.6. The fourth-order valence-corrected chi connectivity index (χ4v) is 1.65. The molecule has 1 aromatic carbocycles. The van der Waals surface area contributed by atoms with Gasteiger partial charge in [-0.3, -0.25) is 9.89 Å². The van der Waals surface area contributed by atoms with Gasteiger partial charge in [-0.15, -0.1) is 0 Å². The average molecular weight is 261 g/mol. The van der Waals surface area contributed by atoms with E-state index in [4.69, 9.17) is 9.84 Å². The van der Waals surface area contributed by atoms with Crippen molar-refractivity contribution < 1.29 is 14.6 Å². The van der Waals surface area contributed by atoms with Crippen LogP contribution in [0.15, 0.2) is 24.3 Å². The Morgan fingerprint density at radius 3 is 3.05 bits per heavy atom. The lowest BCUT2D eigenvalue weighted by atomic mass is 10.2. The smallest absolute Gasteiger partial charge is 0.303 e. The minimum Gasteiger partial charge on any atom is -0.494 e. The highest BCUT2D eigenvalue weighted by atomic mass is 16.5. The molecule has 6 heteroatoms. The number of carboxylic acids is 1. The molecule has 19 heavy (non-hydrogen) atoms. The zero-order valence-corrected chi connectivity index (χ0v) is 10.6. The molecule has 0 radical (unpaired) electrons. The number of rotatable bonds is 6. The van der Waals surface area contributed by atoms with E-state index in [1.165, 1.54) is 0 Å². The number of H-pyrrole nitrogens is 1. The van der Waals surface area contributed by atoms with Crippen molar-refractivity contribution >= 4 is 5.97 Å². The largest absolute Gasteiger partial charge is 0.494 e. The summed E-state index contributed by atoms with van der Waals surface area (Å²) in [7, 11) is 0. The molecule has 0 saturated carbocycles. The predicted molar refractivity (Wildman–Crippen MR) is 68.9 cm³/mol. The minimum atomic E-state index is -0.851. The summed E-state index contributed by atoms with van der Waals surface area (Å²) in [5.41, 5.74) is 0.837. The number of benzene rings is 1. The van der Waals surface area contributed by atoms with Crippen molar-refractivity contribution in [3.8, 4) is 17.1 Å². The van der Waals surface area contributed by atoms with E-state index < -0.39 is 5.97 Å². The van der Waals surface area contributed by atoms with Crippen molar-refractivity contribution in [3.05, 3.63) is 30.1 Å². The van der Waals surface area contributed by atoms with E-state index in [1.54, 1.807) is 0 Å². The number of carbonyl (C=O) groups is 1. The SMILES string of the molecule is CCOc1cccc(-c2n[nH]c(CCC(=O)O)n2)c1. The maximum absolute atomic E-state index is 10.5. The number of nitrogens with one attached hydrogen (secondary N) is 1. The van der Waals surface area contributed by atoms with E-state index in [9.17, 15) is 4.79 Å². The van der Waals surface area contributed by atoms with Crippen LogP contribution in [-0.4, -0.2) is 32.9 Å². The molecule has 1 aromatic heterocycles. The van der Waals surface area contributed by atoms with Crippen LogP contribution in [0.2, 0.25) is 0 Å². The lowest BCUT2D eigenvalue weighted by Crippen LogP contribution is -1.98. The van der Waals surface area contributed by atoms with Crippen LogP contribution in [0.5, 0.6) is 5.75 Å². The third kappa shape index (κ3) is 3.54. The highest BCUT2D eigenvalue weighted by Crippen LogP contribution is 2.21. The van der Waals surface area contributed by atoms with E-state index in [0.29, 0.717) is 24.7 Å². The molecule has 0 aliphatic carbocycles. The fraction of sp³-hybridized carbons (Fsp3) is 0.308. The quantitative estimate of drug-likeness (QED) is 0.829. The van der Waals surface area contributed by atoms with Crippen molar-refractivity contribution in [1.82, 2.24) is 15.2 Å². The lowest BCUT2D eigenvalue weighted by Gasteiger charge is -2.03. The lowest BCUT2D eigenvalue weighted by molar-refractivity contribution is -0.137. The van der Waals surface area contributed by atoms with Gasteiger partial charge >= 0.3 is 5.97 Å². The summed E-state index contributed by atoms with van der Waals surface area (Å²) in [6, 6.07) is 7.47. The van der Waals surface area contributed by atoms with Gasteiger partial charge in [0.05, 0.1) is 13.0 Å². The highest BCUT2D eigenvalue weighted by Gasteiger charge is 2.08. The van der Waals surface area contributed by atoms with Crippen LogP contribution in [0.1, 0.15) is 19.2 Å². The summed E-state index contributed by atoms with van der Waals surface area (Å²) in [6.07, 6.45) is 0.376. The molecule has 1 heterocycles. The van der Waals surface area contributed by atoms with Crippen molar-refractivity contribution in [2.45, 2.75) is 19.8 Å². The summed E-state index contributed by atoms with van der Waals surface area (Å²) < 4.78 is 5.41. The number of nitrogens with zero attached hydrogens (tertiary/aromatic N) is 2. The summed E-state index contributed by atoms with van der Waals surface area (Å²) >= 11 is 0. The van der Waals surface area contributed by atoms with Crippen molar-refractivity contribution in [2.24, 2.45) is 0 Å². The molecule has 0 aliphatic heterocycles. The molecule has 0 spiro atoms. The van der Waals surface area contributed by atoms with Gasteiger partial charge in [0.1, 0.15) is 11.6 Å². The van der Waals surface area contributed by atoms with E-state index in [2.05, 4.69) is 15.2 Å². The first-order chi connectivity index (χ1) is 9.19. The second-order valence-corrected chi connectivity index (χ2v) is 3.96. The Morgan fingerprint density at radius 1 is 1.47 bits per heavy atom. The van der Waals surface area contributed by atoms with Gasteiger partial charge in [0, 0.05) is 12.0 Å². The van der Waals surface area contributed by atoms with Gasteiger partial charge in [0.2, 0.25) is 0 Å². The van der Waals surface area contributed by atoms with Crippen LogP contribution in [0, 0.1) is 0 Å². The second-order valence-electron chi connectivity index (χ2n) is 3.96. The average Bonchev–Trinajstić information content (AvgIpc) is 2.86. The van der Waals surface area contributed by atoms with E-state index in [1.807, 2.05) is 31.2 Å². The highest BCUT2D eigenvalue weighted by molar-refractivity contribution is 5.67. The Bertz CT molecular complexity index is 566. The summed E-state index contributed by atoms with van der Waals surface area (Å²) in [6.45, 7) is 2.52. The molecular formula is C13H15N3O3. The second kappa shape index (κ2) is 5.99. The Labute approximate surface area is 110 Å². The number of hydrogen-bond acceptors (Lipinski definition) is 4. The molecule has 0 saturated heterocycles. The molecule has 2 rings (SSSR count). The molecular weight excluding hydrogens is 246 g/mol. The molecule has 2 N–H and O–H groups in total. The number of aromatic nitrogens is 3. The number of ether oxygens (including phenoxy) is 1. The molecule has 0 unspecified atom stereocenters. The number of aryl methyl sites for hydroxylation is 1. The Balaban J connectivity index is 2.13. The maximum Gasteiger partial charge on any atom is 0.303 e. The van der Waals surface area contributed by atoms with Crippen LogP contribution >= 0.6 is 0 Å². The first-order valence-electron chi connectivity index (χ1n) is 6.05. The van der Waals surface area contributed by atoms with Gasteiger partial charge in [-0.2, -0.15) is 5.10 Å². The normalized spacial score (nSPS) is 10.4. The van der Waals surface area contributed by atoms with Gasteiger partial charge in [-0.05, 0) is 19.1 Å². The number of carboxylic acid groups (broad SMARTS) is 1. The van der Waals surface area contributed by atoms with Gasteiger partial charge < -0.3 is 9.84 Å². The van der Waals surface area contributed by atoms with Gasteiger partial charge in [-0.1, -0.05) is 12.1 Å². The van der Waals surface area contributed by atoms with Gasteiger partial charge in [0.15, 0.2) is 5.82 Å². The summed E-state index contributed by atoms with van der Waals surface area (Å²) in [5.74, 6) is 1.02. The molecule has 2 aromatic rings. The van der Waals surface area contributed by atoms with Crippen LogP contribution in [0.4, 0.5) is 0 Å². The Morgan fingerprint density at radius 2 is 2.32 bits per heavy atom. The van der Waals surface area contributed by atoms with E-state index >= 15 is 0 Å². The number of aromatic amines is 1. The molecule has 6 nitrogen and oxygen atoms in total. The maximum atomic E-state index is 10.5. The van der Waals surface area contributed by atoms with Crippen molar-refractivity contribution in [2.75, 3.05) is 6.61 Å². The first kappa shape index (κ1) is 13.1. The van der Waals surface area contributed by atoms with Crippen LogP contribution in [-0.2, 0) is 11.2 Å². The van der Waals surface area contributed by atoms with Crippen LogP contribution in [0.3, 0.4) is 0 Å². The molecule has 100 valence electrons. The van der Waals surface area contributed by atoms with Crippen LogP contribution in [0.25, 0.3) is 11.4 Å². The molecule has 0 fully saturated rings. The number of aliphatic carboxylic acids is 1. The van der Waals surface area contributed by atoms with Gasteiger partial charge in [0.25, 0.3) is 0 Å². The van der Waals surface area contributed by atoms with Gasteiger partial charge in [-0.25, -0.2) is 4.98 Å². The monoisotopic (exact) mass is 261 g/mol. The topological polar surface area (TPSA) is 88.1 Å². The minimum absolute atomic E-state index is 0.0353. The molecule has 0 aliphatic rings. The molecule has 0 amide bonds. The Kier molecular flexibility index (Phi) is 4.12.